The van der Waals surface area contributed by atoms with E-state index >= 15 is 0 Å². The van der Waals surface area contributed by atoms with E-state index in [-0.39, 0.29) is 70.6 Å². The van der Waals surface area contributed by atoms with Crippen LogP contribution in [0.5, 0.6) is 0 Å². The Morgan fingerprint density at radius 2 is 2.00 bits per heavy atom. The quantitative estimate of drug-likeness (QED) is 0.665. The number of hydrogen-bond acceptors (Lipinski definition) is 4. The summed E-state index contributed by atoms with van der Waals surface area (Å²) in [4.78, 5) is 39.4. The molecule has 1 aromatic carbocycles. The fourth-order valence-electron chi connectivity index (χ4n) is 3.61. The summed E-state index contributed by atoms with van der Waals surface area (Å²) in [6.07, 6.45) is 0.976. The van der Waals surface area contributed by atoms with Crippen LogP contribution in [0.15, 0.2) is 28.7 Å². The maximum absolute atomic E-state index is 13.1. The van der Waals surface area contributed by atoms with Gasteiger partial charge < -0.3 is 15.0 Å². The minimum atomic E-state index is -0.659. The van der Waals surface area contributed by atoms with Crippen LogP contribution in [0.2, 0.25) is 0 Å². The van der Waals surface area contributed by atoms with Crippen molar-refractivity contribution < 1.29 is 19.1 Å². The summed E-state index contributed by atoms with van der Waals surface area (Å²) in [6, 6.07) is 5.87. The monoisotopic (exact) mass is 506 g/mol. The molecular formula is C20H31BrN2O4S2. The van der Waals surface area contributed by atoms with E-state index in [9.17, 15) is 14.4 Å². The van der Waals surface area contributed by atoms with E-state index in [0.717, 1.165) is 4.47 Å². The average molecular weight is 508 g/mol. The van der Waals surface area contributed by atoms with Crippen LogP contribution in [0.25, 0.3) is 0 Å². The van der Waals surface area contributed by atoms with Gasteiger partial charge in [0.2, 0.25) is 5.91 Å². The number of nitrogens with one attached hydrogen (secondary N) is 1. The summed E-state index contributed by atoms with van der Waals surface area (Å²) in [6.45, 7) is 4.56. The van der Waals surface area contributed by atoms with Crippen molar-refractivity contribution in [2.45, 2.75) is 52.3 Å². The highest BCUT2D eigenvalue weighted by molar-refractivity contribution is 9.10. The molecule has 3 atom stereocenters. The first-order chi connectivity index (χ1) is 12.4. The van der Waals surface area contributed by atoms with Gasteiger partial charge in [0, 0.05) is 16.6 Å². The minimum absolute atomic E-state index is 0. The Morgan fingerprint density at radius 1 is 1.31 bits per heavy atom. The van der Waals surface area contributed by atoms with Crippen molar-refractivity contribution in [3.8, 4) is 0 Å². The maximum atomic E-state index is 13.1. The number of likely N-dealkylation sites (tertiary alicyclic amines) is 1. The van der Waals surface area contributed by atoms with Gasteiger partial charge in [-0.3, -0.25) is 14.4 Å². The van der Waals surface area contributed by atoms with Crippen molar-refractivity contribution in [3.05, 3.63) is 34.3 Å². The van der Waals surface area contributed by atoms with Crippen LogP contribution in [0.1, 0.15) is 44.5 Å². The molecule has 0 aliphatic carbocycles. The van der Waals surface area contributed by atoms with Crippen LogP contribution >= 0.6 is 42.9 Å². The predicted octanol–water partition coefficient (Wildman–Crippen LogP) is 3.02. The van der Waals surface area contributed by atoms with E-state index in [1.54, 1.807) is 23.1 Å². The van der Waals surface area contributed by atoms with Crippen LogP contribution in [0, 0.1) is 5.92 Å². The van der Waals surface area contributed by atoms with Crippen LogP contribution in [0.4, 0.5) is 0 Å². The molecule has 29 heavy (non-hydrogen) atoms. The van der Waals surface area contributed by atoms with E-state index in [2.05, 4.69) is 21.2 Å². The summed E-state index contributed by atoms with van der Waals surface area (Å²) >= 11 is 3.35. The largest absolute Gasteiger partial charge is 0.368 e. The van der Waals surface area contributed by atoms with E-state index in [4.69, 9.17) is 4.74 Å². The first kappa shape index (κ1) is 28.0. The van der Waals surface area contributed by atoms with Gasteiger partial charge in [-0.1, -0.05) is 43.3 Å². The number of benzene rings is 1. The van der Waals surface area contributed by atoms with Gasteiger partial charge in [-0.05, 0) is 37.0 Å². The second kappa shape index (κ2) is 12.0. The molecule has 1 aromatic rings. The lowest BCUT2D eigenvalue weighted by molar-refractivity contribution is -0.138. The summed E-state index contributed by atoms with van der Waals surface area (Å²) in [5, 5.41) is 2.86. The molecule has 3 rings (SSSR count). The van der Waals surface area contributed by atoms with Gasteiger partial charge >= 0.3 is 0 Å². The van der Waals surface area contributed by atoms with E-state index < -0.39 is 12.1 Å². The van der Waals surface area contributed by atoms with Crippen molar-refractivity contribution in [2.75, 3.05) is 13.2 Å². The number of hydrogen-bond donors (Lipinski definition) is 1. The Bertz CT molecular complexity index is 732. The number of nitrogens with zero attached hydrogens (tertiary/aromatic N) is 1. The van der Waals surface area contributed by atoms with Crippen molar-refractivity contribution in [1.82, 2.24) is 10.2 Å². The van der Waals surface area contributed by atoms with Crippen molar-refractivity contribution >= 4 is 60.5 Å². The third-order valence-electron chi connectivity index (χ3n) is 4.79. The molecule has 0 aromatic heterocycles. The topological polar surface area (TPSA) is 75.7 Å². The lowest BCUT2D eigenvalue weighted by Gasteiger charge is -2.28. The fraction of sp³-hybridized carbons (Fsp3) is 0.550. The molecule has 2 aliphatic heterocycles. The number of ketones is 1. The number of Topliss-reactive ketones (excluding diaryl/α,β-unsaturated/α-hetero) is 1. The number of ether oxygens (including phenoxy) is 1. The fourth-order valence-corrected chi connectivity index (χ4v) is 4.01. The van der Waals surface area contributed by atoms with Gasteiger partial charge in [-0.15, -0.1) is 0 Å². The predicted molar refractivity (Wildman–Crippen MR) is 127 cm³/mol. The Hall–Kier alpha value is -1.03. The number of halogens is 1. The highest BCUT2D eigenvalue weighted by Crippen LogP contribution is 2.28. The molecule has 0 bridgehead atoms. The van der Waals surface area contributed by atoms with Gasteiger partial charge in [-0.2, -0.15) is 27.0 Å². The molecule has 164 valence electrons. The van der Waals surface area contributed by atoms with Gasteiger partial charge in [0.25, 0.3) is 5.91 Å². The Kier molecular flexibility index (Phi) is 11.6. The lowest BCUT2D eigenvalue weighted by Crippen LogP contribution is -2.52. The molecule has 1 N–H and O–H groups in total. The van der Waals surface area contributed by atoms with Crippen LogP contribution < -0.4 is 5.32 Å². The second-order valence-corrected chi connectivity index (χ2v) is 8.16. The van der Waals surface area contributed by atoms with Crippen molar-refractivity contribution in [1.29, 1.82) is 0 Å². The first-order valence-electron chi connectivity index (χ1n) is 8.88. The minimum Gasteiger partial charge on any atom is -0.368 e. The molecule has 0 saturated carbocycles. The number of rotatable bonds is 5. The van der Waals surface area contributed by atoms with Crippen LogP contribution in [0.3, 0.4) is 0 Å². The zero-order chi connectivity index (χ0) is 18.8. The second-order valence-electron chi connectivity index (χ2n) is 7.25. The molecule has 2 fully saturated rings. The molecule has 6 nitrogen and oxygen atoms in total. The maximum Gasteiger partial charge on any atom is 0.251 e. The highest BCUT2D eigenvalue weighted by Gasteiger charge is 2.48. The molecule has 9 heteroatoms. The number of amides is 2. The molecular weight excluding hydrogens is 476 g/mol. The summed E-state index contributed by atoms with van der Waals surface area (Å²) in [5.74, 6) is -0.327. The SMILES string of the molecule is C.CC(C)C[C@H](NC(=O)c1cccc(Br)c1)C(=O)N1CC[C@H]2OCC(=O)[C@H]21.S.S. The average Bonchev–Trinajstić information content (AvgIpc) is 3.16. The number of carbonyl (C=O) groups is 3. The third-order valence-corrected chi connectivity index (χ3v) is 5.29. The zero-order valence-electron chi connectivity index (χ0n) is 15.9. The van der Waals surface area contributed by atoms with Crippen molar-refractivity contribution in [3.63, 3.8) is 0 Å². The summed E-state index contributed by atoms with van der Waals surface area (Å²) in [5.41, 5.74) is 0.487. The molecule has 2 saturated heterocycles. The smallest absolute Gasteiger partial charge is 0.251 e. The molecule has 2 heterocycles. The normalized spacial score (nSPS) is 20.8. The molecule has 0 radical (unpaired) electrons. The Morgan fingerprint density at radius 3 is 2.62 bits per heavy atom. The molecule has 0 unspecified atom stereocenters. The molecule has 2 amide bonds. The van der Waals surface area contributed by atoms with E-state index in [1.807, 2.05) is 19.9 Å². The third kappa shape index (κ3) is 6.47. The molecule has 2 aliphatic rings. The number of fused-ring (bicyclic) bond motifs is 1. The summed E-state index contributed by atoms with van der Waals surface area (Å²) < 4.78 is 6.26. The van der Waals surface area contributed by atoms with E-state index in [0.29, 0.717) is 24.9 Å². The van der Waals surface area contributed by atoms with Gasteiger partial charge in [-0.25, -0.2) is 0 Å². The zero-order valence-corrected chi connectivity index (χ0v) is 19.5. The van der Waals surface area contributed by atoms with Crippen LogP contribution in [-0.2, 0) is 14.3 Å². The lowest BCUT2D eigenvalue weighted by atomic mass is 10.0. The first-order valence-corrected chi connectivity index (χ1v) is 9.67. The standard InChI is InChI=1S/C19H23BrN2O4.CH4.2H2S/c1-11(2)8-14(21-18(24)12-4-3-5-13(20)9-12)19(25)22-7-6-16-17(22)15(23)10-26-16;;;/h3-5,9,11,14,16-17H,6-8,10H2,1-2H3,(H,21,24);1H4;2*1H2/t14-,16+,17+;;;/m0.../s1. The van der Waals surface area contributed by atoms with Crippen molar-refractivity contribution in [2.24, 2.45) is 5.92 Å². The summed E-state index contributed by atoms with van der Waals surface area (Å²) in [7, 11) is 0. The van der Waals surface area contributed by atoms with E-state index in [1.165, 1.54) is 0 Å². The Labute approximate surface area is 195 Å². The number of carbonyl (C=O) groups excluding carboxylic acids is 3. The molecule has 0 spiro atoms. The van der Waals surface area contributed by atoms with Gasteiger partial charge in [0.15, 0.2) is 5.78 Å². The van der Waals surface area contributed by atoms with Gasteiger partial charge in [0.05, 0.1) is 6.10 Å². The van der Waals surface area contributed by atoms with Crippen LogP contribution in [-0.4, -0.2) is 53.8 Å². The highest BCUT2D eigenvalue weighted by atomic mass is 79.9. The Balaban J connectivity index is 0.00000261. The van der Waals surface area contributed by atoms with Gasteiger partial charge in [0.1, 0.15) is 18.7 Å².